The van der Waals surface area contributed by atoms with Gasteiger partial charge in [-0.1, -0.05) is 35.9 Å². The van der Waals surface area contributed by atoms with E-state index >= 15 is 0 Å². The van der Waals surface area contributed by atoms with Gasteiger partial charge in [-0.2, -0.15) is 5.10 Å². The van der Waals surface area contributed by atoms with Gasteiger partial charge in [-0.3, -0.25) is 9.48 Å². The molecule has 0 aliphatic heterocycles. The van der Waals surface area contributed by atoms with E-state index in [0.29, 0.717) is 28.8 Å². The van der Waals surface area contributed by atoms with Gasteiger partial charge in [0.05, 0.1) is 23.5 Å². The molecule has 1 N–H and O–H groups in total. The van der Waals surface area contributed by atoms with Crippen LogP contribution in [0, 0.1) is 12.7 Å². The summed E-state index contributed by atoms with van der Waals surface area (Å²) in [5.74, 6) is 0.543. The fraction of sp³-hybridized carbons (Fsp3) is 0.130. The Morgan fingerprint density at radius 1 is 1.19 bits per heavy atom. The van der Waals surface area contributed by atoms with E-state index in [1.54, 1.807) is 41.2 Å². The van der Waals surface area contributed by atoms with Crippen molar-refractivity contribution in [2.24, 2.45) is 0 Å². The first-order valence-corrected chi connectivity index (χ1v) is 9.90. The van der Waals surface area contributed by atoms with E-state index in [4.69, 9.17) is 20.8 Å². The molecule has 4 aromatic rings. The highest BCUT2D eigenvalue weighted by atomic mass is 35.5. The highest BCUT2D eigenvalue weighted by Gasteiger charge is 2.14. The quantitative estimate of drug-likeness (QED) is 0.415. The molecule has 2 aromatic carbocycles. The third kappa shape index (κ3) is 5.13. The van der Waals surface area contributed by atoms with Gasteiger partial charge in [0.15, 0.2) is 5.76 Å². The number of para-hydroxylation sites is 1. The first-order valence-electron chi connectivity index (χ1n) is 9.53. The molecular formula is C23H19ClFN3O3. The zero-order valence-electron chi connectivity index (χ0n) is 16.6. The minimum absolute atomic E-state index is 0.146. The lowest BCUT2D eigenvalue weighted by Gasteiger charge is -2.09. The zero-order valence-corrected chi connectivity index (χ0v) is 17.4. The number of amides is 1. The summed E-state index contributed by atoms with van der Waals surface area (Å²) in [6.45, 7) is 2.51. The van der Waals surface area contributed by atoms with Crippen LogP contribution in [-0.4, -0.2) is 15.7 Å². The van der Waals surface area contributed by atoms with Crippen molar-refractivity contribution in [1.82, 2.24) is 9.78 Å². The molecule has 0 bridgehead atoms. The number of hydrogen-bond donors (Lipinski definition) is 1. The van der Waals surface area contributed by atoms with Gasteiger partial charge in [0.25, 0.3) is 5.91 Å². The standard InChI is InChI=1S/C23H19ClFN3O3/c1-15-3-2-4-20(24)22(15)30-14-19-9-10-21(31-19)23(29)27-18-11-26-28(13-18)12-16-5-7-17(25)8-6-16/h2-11,13H,12,14H2,1H3,(H,27,29). The largest absolute Gasteiger partial charge is 0.484 e. The zero-order chi connectivity index (χ0) is 21.8. The number of aryl methyl sites for hydroxylation is 1. The molecule has 2 heterocycles. The van der Waals surface area contributed by atoms with Gasteiger partial charge in [-0.15, -0.1) is 0 Å². The average Bonchev–Trinajstić information content (AvgIpc) is 3.39. The van der Waals surface area contributed by atoms with Crippen molar-refractivity contribution in [1.29, 1.82) is 0 Å². The third-order valence-electron chi connectivity index (χ3n) is 4.56. The smallest absolute Gasteiger partial charge is 0.291 e. The number of halogens is 2. The van der Waals surface area contributed by atoms with Crippen LogP contribution in [0.3, 0.4) is 0 Å². The molecule has 0 aliphatic rings. The van der Waals surface area contributed by atoms with E-state index < -0.39 is 5.91 Å². The number of furan rings is 1. The van der Waals surface area contributed by atoms with Gasteiger partial charge in [0.1, 0.15) is 23.9 Å². The minimum atomic E-state index is -0.401. The normalized spacial score (nSPS) is 10.8. The number of carbonyl (C=O) groups excluding carboxylic acids is 1. The molecule has 0 saturated carbocycles. The first kappa shape index (κ1) is 20.7. The van der Waals surface area contributed by atoms with E-state index in [2.05, 4.69) is 10.4 Å². The van der Waals surface area contributed by atoms with Crippen molar-refractivity contribution in [3.05, 3.63) is 100 Å². The molecule has 2 aromatic heterocycles. The maximum absolute atomic E-state index is 13.0. The molecule has 0 unspecified atom stereocenters. The average molecular weight is 440 g/mol. The van der Waals surface area contributed by atoms with E-state index in [-0.39, 0.29) is 18.2 Å². The maximum atomic E-state index is 13.0. The highest BCUT2D eigenvalue weighted by Crippen LogP contribution is 2.28. The summed E-state index contributed by atoms with van der Waals surface area (Å²) >= 11 is 6.16. The molecule has 4 rings (SSSR count). The van der Waals surface area contributed by atoms with Crippen LogP contribution >= 0.6 is 11.6 Å². The number of carbonyl (C=O) groups is 1. The monoisotopic (exact) mass is 439 g/mol. The topological polar surface area (TPSA) is 69.3 Å². The van der Waals surface area contributed by atoms with E-state index in [9.17, 15) is 9.18 Å². The van der Waals surface area contributed by atoms with Crippen LogP contribution in [0.1, 0.15) is 27.4 Å². The molecule has 0 atom stereocenters. The predicted octanol–water partition coefficient (Wildman–Crippen LogP) is 5.46. The van der Waals surface area contributed by atoms with Gasteiger partial charge >= 0.3 is 0 Å². The number of rotatable bonds is 7. The first-order chi connectivity index (χ1) is 15.0. The van der Waals surface area contributed by atoms with Crippen molar-refractivity contribution in [3.8, 4) is 5.75 Å². The molecule has 158 valence electrons. The van der Waals surface area contributed by atoms with Gasteiger partial charge in [0, 0.05) is 6.20 Å². The molecule has 0 saturated heterocycles. The highest BCUT2D eigenvalue weighted by molar-refractivity contribution is 6.32. The van der Waals surface area contributed by atoms with E-state index in [1.165, 1.54) is 18.3 Å². The summed E-state index contributed by atoms with van der Waals surface area (Å²) in [6.07, 6.45) is 3.23. The van der Waals surface area contributed by atoms with Crippen LogP contribution in [-0.2, 0) is 13.2 Å². The number of nitrogens with zero attached hydrogens (tertiary/aromatic N) is 2. The number of nitrogens with one attached hydrogen (secondary N) is 1. The lowest BCUT2D eigenvalue weighted by atomic mass is 10.2. The summed E-state index contributed by atoms with van der Waals surface area (Å²) < 4.78 is 26.0. The van der Waals surface area contributed by atoms with E-state index in [1.807, 2.05) is 19.1 Å². The summed E-state index contributed by atoms with van der Waals surface area (Å²) in [4.78, 5) is 12.5. The summed E-state index contributed by atoms with van der Waals surface area (Å²) in [5.41, 5.74) is 2.33. The van der Waals surface area contributed by atoms with Crippen LogP contribution < -0.4 is 10.1 Å². The van der Waals surface area contributed by atoms with Crippen LogP contribution in [0.25, 0.3) is 0 Å². The Balaban J connectivity index is 1.35. The second kappa shape index (κ2) is 9.06. The number of hydrogen-bond acceptors (Lipinski definition) is 4. The number of aromatic nitrogens is 2. The third-order valence-corrected chi connectivity index (χ3v) is 4.85. The van der Waals surface area contributed by atoms with Gasteiger partial charge in [-0.25, -0.2) is 4.39 Å². The molecule has 6 nitrogen and oxygen atoms in total. The van der Waals surface area contributed by atoms with Crippen LogP contribution in [0.2, 0.25) is 5.02 Å². The predicted molar refractivity (Wildman–Crippen MR) is 115 cm³/mol. The lowest BCUT2D eigenvalue weighted by Crippen LogP contribution is -2.10. The van der Waals surface area contributed by atoms with E-state index in [0.717, 1.165) is 11.1 Å². The Morgan fingerprint density at radius 3 is 2.77 bits per heavy atom. The number of benzene rings is 2. The molecule has 31 heavy (non-hydrogen) atoms. The van der Waals surface area contributed by atoms with Gasteiger partial charge in [0.2, 0.25) is 0 Å². The fourth-order valence-corrected chi connectivity index (χ4v) is 3.28. The SMILES string of the molecule is Cc1cccc(Cl)c1OCc1ccc(C(=O)Nc2cnn(Cc3ccc(F)cc3)c2)o1. The molecular weight excluding hydrogens is 421 g/mol. The molecule has 8 heteroatoms. The van der Waals surface area contributed by atoms with Crippen molar-refractivity contribution in [3.63, 3.8) is 0 Å². The van der Waals surface area contributed by atoms with Crippen molar-refractivity contribution >= 4 is 23.2 Å². The second-order valence-electron chi connectivity index (χ2n) is 6.95. The van der Waals surface area contributed by atoms with Crippen molar-refractivity contribution in [2.75, 3.05) is 5.32 Å². The summed E-state index contributed by atoms with van der Waals surface area (Å²) in [6, 6.07) is 14.9. The van der Waals surface area contributed by atoms with Crippen molar-refractivity contribution in [2.45, 2.75) is 20.1 Å². The number of anilines is 1. The lowest BCUT2D eigenvalue weighted by molar-refractivity contribution is 0.0992. The second-order valence-corrected chi connectivity index (χ2v) is 7.35. The maximum Gasteiger partial charge on any atom is 0.291 e. The molecule has 0 radical (unpaired) electrons. The van der Waals surface area contributed by atoms with Crippen molar-refractivity contribution < 1.29 is 18.3 Å². The van der Waals surface area contributed by atoms with Crippen LogP contribution in [0.15, 0.2) is 71.4 Å². The minimum Gasteiger partial charge on any atom is -0.484 e. The summed E-state index contributed by atoms with van der Waals surface area (Å²) in [7, 11) is 0. The van der Waals surface area contributed by atoms with Crippen LogP contribution in [0.5, 0.6) is 5.75 Å². The van der Waals surface area contributed by atoms with Gasteiger partial charge in [-0.05, 0) is 48.4 Å². The molecule has 0 aliphatic carbocycles. The number of ether oxygens (including phenoxy) is 1. The summed E-state index contributed by atoms with van der Waals surface area (Å²) in [5, 5.41) is 7.47. The molecule has 1 amide bonds. The van der Waals surface area contributed by atoms with Crippen LogP contribution in [0.4, 0.5) is 10.1 Å². The Kier molecular flexibility index (Phi) is 6.04. The Labute approximate surface area is 183 Å². The molecule has 0 spiro atoms. The Hall–Kier alpha value is -3.58. The molecule has 0 fully saturated rings. The fourth-order valence-electron chi connectivity index (χ4n) is 3.00. The van der Waals surface area contributed by atoms with Gasteiger partial charge < -0.3 is 14.5 Å². The Morgan fingerprint density at radius 2 is 2.00 bits per heavy atom. The Bertz CT molecular complexity index is 1180.